The number of ether oxygens (including phenoxy) is 1. The van der Waals surface area contributed by atoms with Crippen LogP contribution >= 0.6 is 0 Å². The molecule has 2 heterocycles. The zero-order valence-electron chi connectivity index (χ0n) is 9.15. The number of rotatable bonds is 3. The van der Waals surface area contributed by atoms with Crippen LogP contribution in [-0.2, 0) is 6.61 Å². The first-order valence-electron chi connectivity index (χ1n) is 5.38. The lowest BCUT2D eigenvalue weighted by atomic mass is 10.2. The first-order chi connectivity index (χ1) is 8.43. The van der Waals surface area contributed by atoms with Gasteiger partial charge < -0.3 is 4.74 Å². The van der Waals surface area contributed by atoms with Crippen LogP contribution in [0.1, 0.15) is 5.56 Å². The molecule has 0 saturated carbocycles. The molecule has 0 spiro atoms. The topological polar surface area (TPSA) is 39.4 Å². The van der Waals surface area contributed by atoms with E-state index in [1.165, 1.54) is 0 Å². The Bertz CT molecular complexity index is 619. The highest BCUT2D eigenvalue weighted by Crippen LogP contribution is 2.17. The van der Waals surface area contributed by atoms with E-state index in [4.69, 9.17) is 4.74 Å². The van der Waals surface area contributed by atoms with E-state index >= 15 is 0 Å². The van der Waals surface area contributed by atoms with Gasteiger partial charge in [0.2, 0.25) is 5.65 Å². The summed E-state index contributed by atoms with van der Waals surface area (Å²) in [4.78, 5) is 0. The molecule has 4 heteroatoms. The van der Waals surface area contributed by atoms with E-state index in [-0.39, 0.29) is 0 Å². The maximum Gasteiger partial charge on any atom is 0.203 e. The SMILES string of the molecule is c1ccc(COc2cccn3cnnc23)cc1. The Balaban J connectivity index is 1.84. The summed E-state index contributed by atoms with van der Waals surface area (Å²) in [6.07, 6.45) is 3.55. The molecule has 2 aromatic heterocycles. The van der Waals surface area contributed by atoms with E-state index in [0.29, 0.717) is 6.61 Å². The highest BCUT2D eigenvalue weighted by atomic mass is 16.5. The molecule has 1 aromatic carbocycles. The molecule has 0 bridgehead atoms. The second kappa shape index (κ2) is 4.25. The summed E-state index contributed by atoms with van der Waals surface area (Å²) in [5.74, 6) is 0.744. The first-order valence-corrected chi connectivity index (χ1v) is 5.38. The zero-order valence-corrected chi connectivity index (χ0v) is 9.15. The molecule has 0 radical (unpaired) electrons. The predicted molar refractivity (Wildman–Crippen MR) is 63.8 cm³/mol. The largest absolute Gasteiger partial charge is 0.485 e. The first kappa shape index (κ1) is 9.84. The summed E-state index contributed by atoms with van der Waals surface area (Å²) in [7, 11) is 0. The van der Waals surface area contributed by atoms with Crippen molar-refractivity contribution >= 4 is 5.65 Å². The average Bonchev–Trinajstić information content (AvgIpc) is 2.86. The highest BCUT2D eigenvalue weighted by molar-refractivity contribution is 5.52. The van der Waals surface area contributed by atoms with Crippen LogP contribution in [0.25, 0.3) is 5.65 Å². The Kier molecular flexibility index (Phi) is 2.46. The van der Waals surface area contributed by atoms with Crippen LogP contribution in [0, 0.1) is 0 Å². The van der Waals surface area contributed by atoms with Gasteiger partial charge in [0.1, 0.15) is 12.9 Å². The van der Waals surface area contributed by atoms with Crippen LogP contribution in [0.4, 0.5) is 0 Å². The van der Waals surface area contributed by atoms with Gasteiger partial charge in [0.25, 0.3) is 0 Å². The molecule has 0 fully saturated rings. The molecule has 0 aliphatic heterocycles. The van der Waals surface area contributed by atoms with Gasteiger partial charge in [-0.15, -0.1) is 10.2 Å². The summed E-state index contributed by atoms with van der Waals surface area (Å²) < 4.78 is 7.57. The molecule has 0 N–H and O–H groups in total. The van der Waals surface area contributed by atoms with Crippen LogP contribution < -0.4 is 4.74 Å². The molecule has 17 heavy (non-hydrogen) atoms. The van der Waals surface area contributed by atoms with E-state index in [2.05, 4.69) is 10.2 Å². The number of benzene rings is 1. The number of hydrogen-bond donors (Lipinski definition) is 0. The lowest BCUT2D eigenvalue weighted by molar-refractivity contribution is 0.308. The number of fused-ring (bicyclic) bond motifs is 1. The van der Waals surface area contributed by atoms with Crippen molar-refractivity contribution in [2.24, 2.45) is 0 Å². The summed E-state index contributed by atoms with van der Waals surface area (Å²) in [5, 5.41) is 7.87. The second-order valence-electron chi connectivity index (χ2n) is 3.71. The number of nitrogens with zero attached hydrogens (tertiary/aromatic N) is 3. The van der Waals surface area contributed by atoms with Crippen LogP contribution in [-0.4, -0.2) is 14.6 Å². The molecule has 0 unspecified atom stereocenters. The van der Waals surface area contributed by atoms with Crippen molar-refractivity contribution in [1.29, 1.82) is 0 Å². The van der Waals surface area contributed by atoms with Crippen molar-refractivity contribution < 1.29 is 4.74 Å². The Morgan fingerprint density at radius 1 is 1.06 bits per heavy atom. The minimum Gasteiger partial charge on any atom is -0.485 e. The predicted octanol–water partition coefficient (Wildman–Crippen LogP) is 2.31. The van der Waals surface area contributed by atoms with Crippen molar-refractivity contribution in [2.45, 2.75) is 6.61 Å². The van der Waals surface area contributed by atoms with E-state index in [1.54, 1.807) is 6.33 Å². The van der Waals surface area contributed by atoms with Crippen LogP contribution in [0.3, 0.4) is 0 Å². The lowest BCUT2D eigenvalue weighted by Gasteiger charge is -2.06. The van der Waals surface area contributed by atoms with Crippen LogP contribution in [0.5, 0.6) is 5.75 Å². The van der Waals surface area contributed by atoms with Gasteiger partial charge in [0, 0.05) is 6.20 Å². The summed E-state index contributed by atoms with van der Waals surface area (Å²) in [6, 6.07) is 13.9. The average molecular weight is 225 g/mol. The van der Waals surface area contributed by atoms with Crippen molar-refractivity contribution in [1.82, 2.24) is 14.6 Å². The summed E-state index contributed by atoms with van der Waals surface area (Å²) >= 11 is 0. The van der Waals surface area contributed by atoms with Gasteiger partial charge in [-0.05, 0) is 17.7 Å². The van der Waals surface area contributed by atoms with Crippen molar-refractivity contribution in [3.05, 3.63) is 60.6 Å². The molecular weight excluding hydrogens is 214 g/mol. The smallest absolute Gasteiger partial charge is 0.203 e. The third-order valence-corrected chi connectivity index (χ3v) is 2.52. The molecular formula is C13H11N3O. The van der Waals surface area contributed by atoms with E-state index in [0.717, 1.165) is 17.0 Å². The lowest BCUT2D eigenvalue weighted by Crippen LogP contribution is -1.97. The molecule has 0 aliphatic rings. The van der Waals surface area contributed by atoms with Crippen molar-refractivity contribution in [2.75, 3.05) is 0 Å². The van der Waals surface area contributed by atoms with E-state index in [1.807, 2.05) is 53.1 Å². The summed E-state index contributed by atoms with van der Waals surface area (Å²) in [6.45, 7) is 0.535. The van der Waals surface area contributed by atoms with Gasteiger partial charge >= 0.3 is 0 Å². The van der Waals surface area contributed by atoms with Gasteiger partial charge in [-0.1, -0.05) is 30.3 Å². The second-order valence-corrected chi connectivity index (χ2v) is 3.71. The zero-order chi connectivity index (χ0) is 11.5. The van der Waals surface area contributed by atoms with E-state index in [9.17, 15) is 0 Å². The Labute approximate surface area is 98.5 Å². The molecule has 3 rings (SSSR count). The molecule has 0 saturated heterocycles. The third kappa shape index (κ3) is 1.97. The van der Waals surface area contributed by atoms with Crippen LogP contribution in [0.15, 0.2) is 55.0 Å². The Morgan fingerprint density at radius 3 is 2.82 bits per heavy atom. The maximum atomic E-state index is 5.74. The minimum absolute atomic E-state index is 0.535. The third-order valence-electron chi connectivity index (χ3n) is 2.52. The quantitative estimate of drug-likeness (QED) is 0.686. The molecule has 4 nitrogen and oxygen atoms in total. The van der Waals surface area contributed by atoms with Gasteiger partial charge in [-0.2, -0.15) is 0 Å². The molecule has 0 atom stereocenters. The summed E-state index contributed by atoms with van der Waals surface area (Å²) in [5.41, 5.74) is 1.87. The highest BCUT2D eigenvalue weighted by Gasteiger charge is 2.03. The minimum atomic E-state index is 0.535. The fourth-order valence-corrected chi connectivity index (χ4v) is 1.67. The monoisotopic (exact) mass is 225 g/mol. The molecule has 3 aromatic rings. The standard InChI is InChI=1S/C13H11N3O/c1-2-5-11(6-3-1)9-17-12-7-4-8-16-10-14-15-13(12)16/h1-8,10H,9H2. The molecule has 84 valence electrons. The van der Waals surface area contributed by atoms with Gasteiger partial charge in [-0.3, -0.25) is 4.40 Å². The maximum absolute atomic E-state index is 5.74. The van der Waals surface area contributed by atoms with Crippen LogP contribution in [0.2, 0.25) is 0 Å². The van der Waals surface area contributed by atoms with Gasteiger partial charge in [0.05, 0.1) is 0 Å². The van der Waals surface area contributed by atoms with Crippen molar-refractivity contribution in [3.63, 3.8) is 0 Å². The molecule has 0 aliphatic carbocycles. The normalized spacial score (nSPS) is 10.6. The van der Waals surface area contributed by atoms with E-state index < -0.39 is 0 Å². The fourth-order valence-electron chi connectivity index (χ4n) is 1.67. The van der Waals surface area contributed by atoms with Gasteiger partial charge in [-0.25, -0.2) is 0 Å². The molecule has 0 amide bonds. The number of aromatic nitrogens is 3. The Morgan fingerprint density at radius 2 is 1.94 bits per heavy atom. The number of hydrogen-bond acceptors (Lipinski definition) is 3. The number of pyridine rings is 1. The van der Waals surface area contributed by atoms with Crippen molar-refractivity contribution in [3.8, 4) is 5.75 Å². The van der Waals surface area contributed by atoms with Gasteiger partial charge in [0.15, 0.2) is 5.75 Å². The Hall–Kier alpha value is -2.36. The fraction of sp³-hybridized carbons (Fsp3) is 0.0769.